The first kappa shape index (κ1) is 62.3. The minimum Gasteiger partial charge on any atom is -0.394 e. The highest BCUT2D eigenvalue weighted by molar-refractivity contribution is 5.80. The number of aliphatic hydroxyl groups excluding tert-OH is 7. The first-order chi connectivity index (χ1) is 32.2. The van der Waals surface area contributed by atoms with Gasteiger partial charge in [0.2, 0.25) is 5.91 Å². The van der Waals surface area contributed by atoms with E-state index in [1.165, 1.54) is 148 Å². The van der Waals surface area contributed by atoms with Crippen molar-refractivity contribution in [2.45, 2.75) is 294 Å². The fourth-order valence-corrected chi connectivity index (χ4v) is 8.78. The molecule has 0 aromatic rings. The van der Waals surface area contributed by atoms with Crippen LogP contribution in [0.1, 0.15) is 239 Å². The molecule has 1 aliphatic heterocycles. The van der Waals surface area contributed by atoms with Crippen LogP contribution in [-0.4, -0.2) is 110 Å². The van der Waals surface area contributed by atoms with Gasteiger partial charge in [-0.15, -0.1) is 0 Å². The van der Waals surface area contributed by atoms with Gasteiger partial charge in [-0.3, -0.25) is 4.79 Å². The number of ether oxygens (including phenoxy) is 2. The second-order valence-electron chi connectivity index (χ2n) is 19.3. The Hall–Kier alpha value is -1.67. The molecular weight excluding hydrogens is 835 g/mol. The SMILES string of the molecule is C/C=C/CC/C=C/CC/C=C/CCCC(O)C(O)C(COC1OC(CO)C(O)C(O)C1O)NC(=O)C(O)CCCCCCCCCCCCCCCCCCCCCCCCCCCCC. The van der Waals surface area contributed by atoms with Gasteiger partial charge in [0.25, 0.3) is 0 Å². The summed E-state index contributed by atoms with van der Waals surface area (Å²) in [7, 11) is 0. The van der Waals surface area contributed by atoms with E-state index in [-0.39, 0.29) is 12.8 Å². The molecule has 0 spiro atoms. The number of rotatable bonds is 46. The van der Waals surface area contributed by atoms with Gasteiger partial charge >= 0.3 is 0 Å². The molecule has 0 aliphatic carbocycles. The van der Waals surface area contributed by atoms with Gasteiger partial charge in [0.05, 0.1) is 25.4 Å². The topological polar surface area (TPSA) is 189 Å². The summed E-state index contributed by atoms with van der Waals surface area (Å²) in [5.41, 5.74) is 0. The van der Waals surface area contributed by atoms with Crippen LogP contribution in [0.5, 0.6) is 0 Å². The van der Waals surface area contributed by atoms with E-state index in [4.69, 9.17) is 9.47 Å². The van der Waals surface area contributed by atoms with Crippen LogP contribution < -0.4 is 5.32 Å². The Bertz CT molecular complexity index is 1170. The summed E-state index contributed by atoms with van der Waals surface area (Å²) in [6.07, 6.45) is 42.4. The van der Waals surface area contributed by atoms with Crippen molar-refractivity contribution in [3.63, 3.8) is 0 Å². The van der Waals surface area contributed by atoms with Crippen LogP contribution in [0, 0.1) is 0 Å². The molecule has 0 bridgehead atoms. The van der Waals surface area contributed by atoms with Crippen molar-refractivity contribution >= 4 is 5.91 Å². The van der Waals surface area contributed by atoms with E-state index in [9.17, 15) is 40.5 Å². The maximum absolute atomic E-state index is 13.1. The molecule has 1 fully saturated rings. The van der Waals surface area contributed by atoms with Crippen LogP contribution >= 0.6 is 0 Å². The Morgan fingerprint density at radius 2 is 0.955 bits per heavy atom. The average molecular weight is 938 g/mol. The molecule has 11 heteroatoms. The Morgan fingerprint density at radius 3 is 1.38 bits per heavy atom. The van der Waals surface area contributed by atoms with Crippen LogP contribution in [0.25, 0.3) is 0 Å². The van der Waals surface area contributed by atoms with E-state index in [1.54, 1.807) is 0 Å². The third kappa shape index (κ3) is 33.0. The van der Waals surface area contributed by atoms with Gasteiger partial charge in [-0.25, -0.2) is 0 Å². The van der Waals surface area contributed by atoms with Crippen LogP contribution in [0.4, 0.5) is 0 Å². The van der Waals surface area contributed by atoms with E-state index in [0.29, 0.717) is 19.3 Å². The number of aliphatic hydroxyl groups is 7. The van der Waals surface area contributed by atoms with Crippen molar-refractivity contribution in [3.05, 3.63) is 36.5 Å². The summed E-state index contributed by atoms with van der Waals surface area (Å²) in [4.78, 5) is 13.1. The third-order valence-corrected chi connectivity index (χ3v) is 13.2. The highest BCUT2D eigenvalue weighted by Crippen LogP contribution is 2.23. The number of hydrogen-bond acceptors (Lipinski definition) is 10. The summed E-state index contributed by atoms with van der Waals surface area (Å²) in [6.45, 7) is 3.22. The normalized spacial score (nSPS) is 21.0. The summed E-state index contributed by atoms with van der Waals surface area (Å²) >= 11 is 0. The second kappa shape index (κ2) is 44.5. The lowest BCUT2D eigenvalue weighted by molar-refractivity contribution is -0.303. The quantitative estimate of drug-likeness (QED) is 0.0215. The summed E-state index contributed by atoms with van der Waals surface area (Å²) in [6, 6.07) is -1.19. The molecule has 1 heterocycles. The molecule has 9 unspecified atom stereocenters. The molecule has 0 aromatic carbocycles. The molecule has 11 nitrogen and oxygen atoms in total. The van der Waals surface area contributed by atoms with Crippen LogP contribution in [0.2, 0.25) is 0 Å². The lowest BCUT2D eigenvalue weighted by atomic mass is 9.98. The fourth-order valence-electron chi connectivity index (χ4n) is 8.78. The predicted molar refractivity (Wildman–Crippen MR) is 270 cm³/mol. The zero-order valence-electron chi connectivity index (χ0n) is 42.2. The summed E-state index contributed by atoms with van der Waals surface area (Å²) in [5.74, 6) is -0.711. The number of carbonyl (C=O) groups is 1. The minimum atomic E-state index is -1.67. The molecule has 66 heavy (non-hydrogen) atoms. The van der Waals surface area contributed by atoms with Crippen molar-refractivity contribution in [3.8, 4) is 0 Å². The number of unbranched alkanes of at least 4 members (excludes halogenated alkanes) is 29. The number of hydrogen-bond donors (Lipinski definition) is 8. The molecule has 0 aromatic heterocycles. The number of nitrogens with one attached hydrogen (secondary N) is 1. The molecule has 388 valence electrons. The maximum atomic E-state index is 13.1. The van der Waals surface area contributed by atoms with E-state index in [2.05, 4.69) is 48.7 Å². The van der Waals surface area contributed by atoms with Gasteiger partial charge in [0.1, 0.15) is 36.6 Å². The zero-order valence-corrected chi connectivity index (χ0v) is 42.2. The summed E-state index contributed by atoms with van der Waals surface area (Å²) in [5, 5.41) is 75.8. The van der Waals surface area contributed by atoms with Crippen molar-refractivity contribution in [1.29, 1.82) is 0 Å². The molecule has 1 aliphatic rings. The first-order valence-corrected chi connectivity index (χ1v) is 27.4. The van der Waals surface area contributed by atoms with E-state index >= 15 is 0 Å². The number of allylic oxidation sites excluding steroid dienone is 6. The molecule has 0 radical (unpaired) electrons. The second-order valence-corrected chi connectivity index (χ2v) is 19.3. The Morgan fingerprint density at radius 1 is 0.545 bits per heavy atom. The number of amides is 1. The lowest BCUT2D eigenvalue weighted by Gasteiger charge is -2.40. The van der Waals surface area contributed by atoms with Gasteiger partial charge in [-0.2, -0.15) is 0 Å². The van der Waals surface area contributed by atoms with Crippen LogP contribution in [0.15, 0.2) is 36.5 Å². The lowest BCUT2D eigenvalue weighted by Crippen LogP contribution is -2.60. The van der Waals surface area contributed by atoms with Gasteiger partial charge < -0.3 is 50.5 Å². The van der Waals surface area contributed by atoms with Gasteiger partial charge in [0.15, 0.2) is 6.29 Å². The molecule has 0 saturated carbocycles. The monoisotopic (exact) mass is 938 g/mol. The van der Waals surface area contributed by atoms with Crippen molar-refractivity contribution in [2.75, 3.05) is 13.2 Å². The van der Waals surface area contributed by atoms with E-state index in [1.807, 2.05) is 6.92 Å². The minimum absolute atomic E-state index is 0.241. The number of carbonyl (C=O) groups excluding carboxylic acids is 1. The maximum Gasteiger partial charge on any atom is 0.249 e. The van der Waals surface area contributed by atoms with Crippen molar-refractivity contribution < 1.29 is 50.0 Å². The van der Waals surface area contributed by atoms with Gasteiger partial charge in [-0.05, 0) is 58.3 Å². The molecule has 9 atom stereocenters. The summed E-state index contributed by atoms with van der Waals surface area (Å²) < 4.78 is 11.1. The van der Waals surface area contributed by atoms with Crippen molar-refractivity contribution in [2.24, 2.45) is 0 Å². The van der Waals surface area contributed by atoms with Gasteiger partial charge in [-0.1, -0.05) is 217 Å². The molecule has 1 amide bonds. The van der Waals surface area contributed by atoms with E-state index < -0.39 is 74.2 Å². The Balaban J connectivity index is 2.26. The highest BCUT2D eigenvalue weighted by Gasteiger charge is 2.44. The smallest absolute Gasteiger partial charge is 0.249 e. The highest BCUT2D eigenvalue weighted by atomic mass is 16.7. The molecule has 8 N–H and O–H groups in total. The standard InChI is InChI=1S/C55H103NO10/c1-3-5-7-9-11-13-15-17-18-19-20-21-22-23-24-25-26-27-28-29-30-31-33-35-37-39-41-43-48(59)54(64)56-46(45-65-55-53(63)52(62)51(61)49(44-57)66-55)50(60)47(58)42-40-38-36-34-32-16-14-12-10-8-6-4-2/h4,6,12,14,34,36,46-53,55,57-63H,3,5,7-11,13,15-33,35,37-45H2,1-2H3,(H,56,64)/b6-4+,14-12+,36-34+. The first-order valence-electron chi connectivity index (χ1n) is 27.4. The Labute approximate surface area is 403 Å². The fraction of sp³-hybridized carbons (Fsp3) is 0.873. The Kier molecular flexibility index (Phi) is 42.1. The molecule has 1 rings (SSSR count). The largest absolute Gasteiger partial charge is 0.394 e. The van der Waals surface area contributed by atoms with E-state index in [0.717, 1.165) is 44.9 Å². The zero-order chi connectivity index (χ0) is 48.3. The molecular formula is C55H103NO10. The van der Waals surface area contributed by atoms with Crippen LogP contribution in [-0.2, 0) is 14.3 Å². The predicted octanol–water partition coefficient (Wildman–Crippen LogP) is 10.7. The van der Waals surface area contributed by atoms with Gasteiger partial charge in [0, 0.05) is 0 Å². The molecule has 1 saturated heterocycles. The third-order valence-electron chi connectivity index (χ3n) is 13.2. The van der Waals surface area contributed by atoms with Crippen molar-refractivity contribution in [1.82, 2.24) is 5.32 Å². The van der Waals surface area contributed by atoms with Crippen LogP contribution in [0.3, 0.4) is 0 Å². The average Bonchev–Trinajstić information content (AvgIpc) is 3.32.